The van der Waals surface area contributed by atoms with Gasteiger partial charge in [0.15, 0.2) is 0 Å². The predicted octanol–water partition coefficient (Wildman–Crippen LogP) is 2.23. The van der Waals surface area contributed by atoms with Crippen LogP contribution in [-0.4, -0.2) is 59.4 Å². The molecule has 6 nitrogen and oxygen atoms in total. The van der Waals surface area contributed by atoms with Crippen LogP contribution in [-0.2, 0) is 0 Å². The summed E-state index contributed by atoms with van der Waals surface area (Å²) in [5.74, 6) is 0.406. The van der Waals surface area contributed by atoms with E-state index in [4.69, 9.17) is 4.74 Å². The van der Waals surface area contributed by atoms with E-state index in [1.165, 1.54) is 18.2 Å². The Balaban J connectivity index is 2.05. The summed E-state index contributed by atoms with van der Waals surface area (Å²) in [5, 5.41) is 10.8. The normalized spacial score (nSPS) is 25.7. The van der Waals surface area contributed by atoms with Gasteiger partial charge in [0.05, 0.1) is 6.04 Å². The lowest BCUT2D eigenvalue weighted by atomic mass is 9.85. The van der Waals surface area contributed by atoms with Crippen molar-refractivity contribution in [3.8, 4) is 11.5 Å². The van der Waals surface area contributed by atoms with Gasteiger partial charge in [-0.3, -0.25) is 0 Å². The van der Waals surface area contributed by atoms with Gasteiger partial charge < -0.3 is 24.4 Å². The van der Waals surface area contributed by atoms with E-state index in [-0.39, 0.29) is 11.8 Å². The van der Waals surface area contributed by atoms with Crippen molar-refractivity contribution in [2.45, 2.75) is 38.2 Å². The molecular weight excluding hydrogens is 322 g/mol. The molecule has 0 aromatic heterocycles. The Kier molecular flexibility index (Phi) is 4.03. The summed E-state index contributed by atoms with van der Waals surface area (Å²) in [4.78, 5) is 15.5. The molecule has 0 bridgehead atoms. The molecule has 0 saturated carbocycles. The van der Waals surface area contributed by atoms with Gasteiger partial charge in [0.25, 0.3) is 0 Å². The Bertz CT molecular complexity index is 653. The molecule has 2 aliphatic heterocycles. The highest BCUT2D eigenvalue weighted by Gasteiger charge is 2.48. The lowest BCUT2D eigenvalue weighted by molar-refractivity contribution is -0.0833. The number of hydrogen-bond donors (Lipinski definition) is 1. The zero-order chi connectivity index (χ0) is 17.6. The van der Waals surface area contributed by atoms with E-state index < -0.39 is 24.4 Å². The lowest BCUT2D eigenvalue weighted by Gasteiger charge is -2.45. The maximum atomic E-state index is 12.5. The van der Waals surface area contributed by atoms with Gasteiger partial charge in [0.1, 0.15) is 23.2 Å². The van der Waals surface area contributed by atoms with Crippen LogP contribution in [0.2, 0.25) is 0 Å². The number of ether oxygens (including phenoxy) is 2. The van der Waals surface area contributed by atoms with Crippen LogP contribution in [0.15, 0.2) is 18.2 Å². The van der Waals surface area contributed by atoms with Crippen molar-refractivity contribution in [3.63, 3.8) is 0 Å². The molecule has 2 heterocycles. The maximum Gasteiger partial charge on any atom is 0.387 e. The number of aliphatic hydroxyl groups excluding tert-OH is 1. The molecule has 2 atom stereocenters. The van der Waals surface area contributed by atoms with E-state index in [0.717, 1.165) is 0 Å². The van der Waals surface area contributed by atoms with Gasteiger partial charge in [-0.2, -0.15) is 8.78 Å². The van der Waals surface area contributed by atoms with Crippen molar-refractivity contribution >= 4 is 6.03 Å². The van der Waals surface area contributed by atoms with E-state index in [2.05, 4.69) is 4.74 Å². The molecule has 2 aliphatic rings. The van der Waals surface area contributed by atoms with Crippen molar-refractivity contribution < 1.29 is 28.2 Å². The van der Waals surface area contributed by atoms with Crippen molar-refractivity contribution in [3.05, 3.63) is 23.8 Å². The fourth-order valence-corrected chi connectivity index (χ4v) is 3.19. The minimum Gasteiger partial charge on any atom is -0.485 e. The summed E-state index contributed by atoms with van der Waals surface area (Å²) in [6.07, 6.45) is -1.01. The molecule has 1 fully saturated rings. The van der Waals surface area contributed by atoms with Crippen LogP contribution in [0.1, 0.15) is 25.5 Å². The highest BCUT2D eigenvalue weighted by Crippen LogP contribution is 2.45. The van der Waals surface area contributed by atoms with Crippen LogP contribution in [0.3, 0.4) is 0 Å². The summed E-state index contributed by atoms with van der Waals surface area (Å²) in [7, 11) is 1.68. The van der Waals surface area contributed by atoms with Crippen LogP contribution in [0, 0.1) is 0 Å². The number of carbonyl (C=O) groups excluding carboxylic acids is 1. The van der Waals surface area contributed by atoms with E-state index >= 15 is 0 Å². The summed E-state index contributed by atoms with van der Waals surface area (Å²) in [5.41, 5.74) is -0.465. The van der Waals surface area contributed by atoms with Gasteiger partial charge in [-0.25, -0.2) is 4.79 Å². The zero-order valence-corrected chi connectivity index (χ0v) is 13.7. The lowest BCUT2D eigenvalue weighted by Crippen LogP contribution is -2.54. The molecule has 132 valence electrons. The minimum absolute atomic E-state index is 0.0377. The first-order valence-electron chi connectivity index (χ1n) is 7.68. The molecular formula is C16H20F2N2O4. The first kappa shape index (κ1) is 16.8. The Morgan fingerprint density at radius 2 is 2.08 bits per heavy atom. The van der Waals surface area contributed by atoms with Crippen LogP contribution < -0.4 is 9.47 Å². The number of fused-ring (bicyclic) bond motifs is 1. The molecule has 24 heavy (non-hydrogen) atoms. The second kappa shape index (κ2) is 5.77. The van der Waals surface area contributed by atoms with Crippen LogP contribution >= 0.6 is 0 Å². The Morgan fingerprint density at radius 3 is 2.67 bits per heavy atom. The number of rotatable bonds is 3. The number of halogens is 2. The largest absolute Gasteiger partial charge is 0.485 e. The fourth-order valence-electron chi connectivity index (χ4n) is 3.19. The molecule has 2 amide bonds. The number of likely N-dealkylation sites (N-methyl/N-ethyl adjacent to an activating group) is 1. The van der Waals surface area contributed by atoms with E-state index in [9.17, 15) is 18.7 Å². The zero-order valence-electron chi connectivity index (χ0n) is 13.7. The van der Waals surface area contributed by atoms with Crippen molar-refractivity contribution in [1.29, 1.82) is 0 Å². The molecule has 1 N–H and O–H groups in total. The molecule has 1 aromatic rings. The second-order valence-corrected chi connectivity index (χ2v) is 6.57. The highest BCUT2D eigenvalue weighted by molar-refractivity contribution is 5.77. The molecule has 8 heteroatoms. The SMILES string of the molecule is CN1CCN([C@H]2c3cc(OC(F)F)ccc3OC(C)(C)[C@@H]2O)C1=O. The van der Waals surface area contributed by atoms with Crippen molar-refractivity contribution in [1.82, 2.24) is 9.80 Å². The van der Waals surface area contributed by atoms with Gasteiger partial charge in [-0.05, 0) is 32.0 Å². The summed E-state index contributed by atoms with van der Waals surface area (Å²) < 4.78 is 35.2. The van der Waals surface area contributed by atoms with Crippen LogP contribution in [0.4, 0.5) is 13.6 Å². The number of amides is 2. The molecule has 0 unspecified atom stereocenters. The number of hydrogen-bond acceptors (Lipinski definition) is 4. The first-order chi connectivity index (χ1) is 11.2. The Hall–Kier alpha value is -2.09. The Morgan fingerprint density at radius 1 is 1.38 bits per heavy atom. The van der Waals surface area contributed by atoms with E-state index in [1.807, 2.05) is 0 Å². The number of nitrogens with zero attached hydrogens (tertiary/aromatic N) is 2. The third kappa shape index (κ3) is 2.75. The maximum absolute atomic E-state index is 12.5. The highest BCUT2D eigenvalue weighted by atomic mass is 19.3. The third-order valence-corrected chi connectivity index (χ3v) is 4.49. The molecule has 3 rings (SSSR count). The van der Waals surface area contributed by atoms with Gasteiger partial charge in [-0.1, -0.05) is 0 Å². The molecule has 1 saturated heterocycles. The Labute approximate surface area is 138 Å². The summed E-state index contributed by atoms with van der Waals surface area (Å²) in [6, 6.07) is 3.40. The number of carbonyl (C=O) groups is 1. The van der Waals surface area contributed by atoms with Gasteiger partial charge in [-0.15, -0.1) is 0 Å². The fraction of sp³-hybridized carbons (Fsp3) is 0.562. The van der Waals surface area contributed by atoms with Crippen LogP contribution in [0.25, 0.3) is 0 Å². The summed E-state index contributed by atoms with van der Waals surface area (Å²) >= 11 is 0. The average Bonchev–Trinajstić information content (AvgIpc) is 2.80. The topological polar surface area (TPSA) is 62.2 Å². The number of aliphatic hydroxyl groups is 1. The predicted molar refractivity (Wildman–Crippen MR) is 81.3 cm³/mol. The van der Waals surface area contributed by atoms with E-state index in [0.29, 0.717) is 24.4 Å². The number of benzene rings is 1. The molecule has 1 aromatic carbocycles. The smallest absolute Gasteiger partial charge is 0.387 e. The molecule has 0 aliphatic carbocycles. The second-order valence-electron chi connectivity index (χ2n) is 6.57. The first-order valence-corrected chi connectivity index (χ1v) is 7.68. The van der Waals surface area contributed by atoms with Gasteiger partial charge in [0, 0.05) is 25.7 Å². The summed E-state index contributed by atoms with van der Waals surface area (Å²) in [6.45, 7) is 1.47. The van der Waals surface area contributed by atoms with Crippen LogP contribution in [0.5, 0.6) is 11.5 Å². The van der Waals surface area contributed by atoms with E-state index in [1.54, 1.807) is 30.7 Å². The quantitative estimate of drug-likeness (QED) is 0.915. The third-order valence-electron chi connectivity index (χ3n) is 4.49. The minimum atomic E-state index is -2.95. The van der Waals surface area contributed by atoms with Crippen molar-refractivity contribution in [2.24, 2.45) is 0 Å². The standard InChI is InChI=1S/C16H20F2N2O4/c1-16(2)13(21)12(20-7-6-19(3)15(20)22)10-8-9(23-14(17)18)4-5-11(10)24-16/h4-5,8,12-14,21H,6-7H2,1-3H3/t12-,13+/m0/s1. The number of alkyl halides is 2. The molecule has 0 radical (unpaired) electrons. The monoisotopic (exact) mass is 342 g/mol. The molecule has 0 spiro atoms. The number of urea groups is 1. The average molecular weight is 342 g/mol. The van der Waals surface area contributed by atoms with Crippen molar-refractivity contribution in [2.75, 3.05) is 20.1 Å². The van der Waals surface area contributed by atoms with Gasteiger partial charge >= 0.3 is 12.6 Å². The van der Waals surface area contributed by atoms with Gasteiger partial charge in [0.2, 0.25) is 0 Å².